The number of nitrogens with zero attached hydrogens (tertiary/aromatic N) is 2. The Morgan fingerprint density at radius 2 is 1.89 bits per heavy atom. The molecular formula is C19H18N2O5S. The van der Waals surface area contributed by atoms with Gasteiger partial charge in [-0.3, -0.25) is 9.69 Å². The summed E-state index contributed by atoms with van der Waals surface area (Å²) in [6, 6.07) is 12.5. The van der Waals surface area contributed by atoms with Gasteiger partial charge in [0.15, 0.2) is 23.2 Å². The zero-order valence-electron chi connectivity index (χ0n) is 15.1. The Balaban J connectivity index is 1.85. The molecule has 0 atom stereocenters. The number of hydrogen-bond acceptors (Lipinski definition) is 7. The van der Waals surface area contributed by atoms with Gasteiger partial charge in [0.25, 0.3) is 5.91 Å². The van der Waals surface area contributed by atoms with Gasteiger partial charge in [0.1, 0.15) is 0 Å². The molecule has 0 saturated carbocycles. The van der Waals surface area contributed by atoms with Gasteiger partial charge in [-0.25, -0.2) is 9.78 Å². The van der Waals surface area contributed by atoms with Crippen molar-refractivity contribution in [2.45, 2.75) is 0 Å². The van der Waals surface area contributed by atoms with E-state index in [4.69, 9.17) is 9.47 Å². The van der Waals surface area contributed by atoms with Crippen LogP contribution in [0.25, 0.3) is 10.2 Å². The fraction of sp³-hybridized carbons (Fsp3) is 0.211. The Bertz CT molecular complexity index is 952. The van der Waals surface area contributed by atoms with E-state index in [1.54, 1.807) is 19.2 Å². The monoisotopic (exact) mass is 386 g/mol. The van der Waals surface area contributed by atoms with Crippen LogP contribution in [-0.2, 0) is 9.53 Å². The average Bonchev–Trinajstić information content (AvgIpc) is 3.14. The fourth-order valence-electron chi connectivity index (χ4n) is 2.40. The van der Waals surface area contributed by atoms with E-state index in [0.717, 1.165) is 10.2 Å². The van der Waals surface area contributed by atoms with Gasteiger partial charge in [-0.05, 0) is 30.3 Å². The number of para-hydroxylation sites is 1. The van der Waals surface area contributed by atoms with Crippen molar-refractivity contribution in [3.8, 4) is 11.5 Å². The number of fused-ring (bicyclic) bond motifs is 1. The van der Waals surface area contributed by atoms with E-state index in [2.05, 4.69) is 9.72 Å². The predicted molar refractivity (Wildman–Crippen MR) is 103 cm³/mol. The van der Waals surface area contributed by atoms with E-state index in [1.165, 1.54) is 36.5 Å². The highest BCUT2D eigenvalue weighted by Gasteiger charge is 2.19. The van der Waals surface area contributed by atoms with Gasteiger partial charge in [0.05, 0.1) is 24.4 Å². The normalized spacial score (nSPS) is 10.5. The molecule has 0 fully saturated rings. The van der Waals surface area contributed by atoms with Crippen molar-refractivity contribution in [2.75, 3.05) is 32.8 Å². The lowest BCUT2D eigenvalue weighted by atomic mass is 10.2. The molecule has 0 aliphatic carbocycles. The summed E-state index contributed by atoms with van der Waals surface area (Å²) in [5.41, 5.74) is 1.23. The number of hydrogen-bond donors (Lipinski definition) is 0. The third-order valence-electron chi connectivity index (χ3n) is 3.86. The molecule has 1 aromatic heterocycles. The first-order chi connectivity index (χ1) is 13.0. The molecule has 0 N–H and O–H groups in total. The van der Waals surface area contributed by atoms with E-state index in [0.29, 0.717) is 16.4 Å². The average molecular weight is 386 g/mol. The number of benzene rings is 2. The van der Waals surface area contributed by atoms with E-state index < -0.39 is 5.97 Å². The molecule has 1 heterocycles. The van der Waals surface area contributed by atoms with Crippen molar-refractivity contribution in [1.29, 1.82) is 0 Å². The summed E-state index contributed by atoms with van der Waals surface area (Å²) < 4.78 is 16.2. The maximum absolute atomic E-state index is 12.9. The van der Waals surface area contributed by atoms with Gasteiger partial charge in [-0.15, -0.1) is 0 Å². The summed E-state index contributed by atoms with van der Waals surface area (Å²) in [5, 5.41) is 0.592. The van der Waals surface area contributed by atoms with Crippen LogP contribution in [0, 0.1) is 0 Å². The molecular weight excluding hydrogens is 368 g/mol. The van der Waals surface area contributed by atoms with Crippen LogP contribution in [-0.4, -0.2) is 44.7 Å². The topological polar surface area (TPSA) is 78.0 Å². The molecule has 3 aromatic rings. The molecule has 0 spiro atoms. The maximum atomic E-state index is 12.9. The third-order valence-corrected chi connectivity index (χ3v) is 4.97. The molecule has 0 aliphatic heterocycles. The van der Waals surface area contributed by atoms with E-state index in [1.807, 2.05) is 24.3 Å². The minimum absolute atomic E-state index is 0.250. The van der Waals surface area contributed by atoms with Gasteiger partial charge in [-0.2, -0.15) is 0 Å². The van der Waals surface area contributed by atoms with Crippen molar-refractivity contribution in [3.05, 3.63) is 48.0 Å². The number of carbonyl (C=O) groups is 2. The molecule has 0 bridgehead atoms. The van der Waals surface area contributed by atoms with Gasteiger partial charge in [-0.1, -0.05) is 23.5 Å². The van der Waals surface area contributed by atoms with Gasteiger partial charge in [0.2, 0.25) is 0 Å². The Morgan fingerprint density at radius 3 is 2.59 bits per heavy atom. The second-order valence-electron chi connectivity index (χ2n) is 5.56. The minimum Gasteiger partial charge on any atom is -0.493 e. The van der Waals surface area contributed by atoms with Crippen molar-refractivity contribution in [3.63, 3.8) is 0 Å². The molecule has 7 nitrogen and oxygen atoms in total. The van der Waals surface area contributed by atoms with Crippen LogP contribution in [0.5, 0.6) is 11.5 Å². The van der Waals surface area contributed by atoms with Crippen LogP contribution in [0.3, 0.4) is 0 Å². The number of methoxy groups -OCH3 is 2. The number of aromatic nitrogens is 1. The molecule has 3 rings (SSSR count). The van der Waals surface area contributed by atoms with Crippen LogP contribution >= 0.6 is 11.3 Å². The van der Waals surface area contributed by atoms with Crippen molar-refractivity contribution in [1.82, 2.24) is 4.98 Å². The first-order valence-corrected chi connectivity index (χ1v) is 8.86. The second kappa shape index (κ2) is 8.05. The fourth-order valence-corrected chi connectivity index (χ4v) is 3.33. The summed E-state index contributed by atoms with van der Waals surface area (Å²) in [6.45, 7) is -0.280. The summed E-state index contributed by atoms with van der Waals surface area (Å²) in [6.07, 6.45) is 0. The zero-order valence-corrected chi connectivity index (χ0v) is 15.9. The summed E-state index contributed by atoms with van der Waals surface area (Å²) in [4.78, 5) is 30.2. The van der Waals surface area contributed by atoms with Gasteiger partial charge >= 0.3 is 5.97 Å². The lowest BCUT2D eigenvalue weighted by Gasteiger charge is -2.16. The van der Waals surface area contributed by atoms with Crippen LogP contribution in [0.2, 0.25) is 0 Å². The molecule has 1 amide bonds. The number of rotatable bonds is 6. The lowest BCUT2D eigenvalue weighted by molar-refractivity contribution is -0.142. The third kappa shape index (κ3) is 4.01. The molecule has 8 heteroatoms. The Kier molecular flexibility index (Phi) is 5.56. The Hall–Kier alpha value is -3.13. The molecule has 2 aromatic carbocycles. The molecule has 0 radical (unpaired) electrons. The molecule has 0 saturated heterocycles. The number of ether oxygens (including phenoxy) is 3. The maximum Gasteiger partial charge on any atom is 0.343 e. The zero-order chi connectivity index (χ0) is 19.4. The first kappa shape index (κ1) is 18.7. The number of esters is 1. The number of amides is 1. The highest BCUT2D eigenvalue weighted by atomic mass is 32.1. The summed E-state index contributed by atoms with van der Waals surface area (Å²) in [5.74, 6) is -0.0791. The summed E-state index contributed by atoms with van der Waals surface area (Å²) in [7, 11) is 4.42. The van der Waals surface area contributed by atoms with Gasteiger partial charge < -0.3 is 14.2 Å². The van der Waals surface area contributed by atoms with E-state index in [-0.39, 0.29) is 18.3 Å². The van der Waals surface area contributed by atoms with Crippen LogP contribution in [0.4, 0.5) is 5.13 Å². The molecule has 0 unspecified atom stereocenters. The number of thiazole rings is 1. The SMILES string of the molecule is COC(=O)COc1cc(C(=O)N(C)c2nc3ccccc3s2)ccc1OC. The first-order valence-electron chi connectivity index (χ1n) is 8.04. The van der Waals surface area contributed by atoms with Crippen LogP contribution in [0.1, 0.15) is 10.4 Å². The molecule has 0 aliphatic rings. The number of anilines is 1. The highest BCUT2D eigenvalue weighted by molar-refractivity contribution is 7.22. The quantitative estimate of drug-likeness (QED) is 0.606. The smallest absolute Gasteiger partial charge is 0.343 e. The standard InChI is InChI=1S/C19H18N2O5S/c1-21(19-20-13-6-4-5-7-16(13)27-19)18(23)12-8-9-14(24-2)15(10-12)26-11-17(22)25-3/h4-10H,11H2,1-3H3. The van der Waals surface area contributed by atoms with Crippen LogP contribution in [0.15, 0.2) is 42.5 Å². The van der Waals surface area contributed by atoms with E-state index >= 15 is 0 Å². The largest absolute Gasteiger partial charge is 0.493 e. The van der Waals surface area contributed by atoms with E-state index in [9.17, 15) is 9.59 Å². The highest BCUT2D eigenvalue weighted by Crippen LogP contribution is 2.31. The van der Waals surface area contributed by atoms with Gasteiger partial charge in [0, 0.05) is 12.6 Å². The molecule has 140 valence electrons. The predicted octanol–water partition coefficient (Wildman–Crippen LogP) is 3.13. The minimum atomic E-state index is -0.527. The Labute approximate surface area is 160 Å². The van der Waals surface area contributed by atoms with Crippen molar-refractivity contribution >= 4 is 38.6 Å². The summed E-state index contributed by atoms with van der Waals surface area (Å²) >= 11 is 1.43. The second-order valence-corrected chi connectivity index (χ2v) is 6.57. The number of carbonyl (C=O) groups excluding carboxylic acids is 2. The van der Waals surface area contributed by atoms with Crippen molar-refractivity contribution in [2.24, 2.45) is 0 Å². The van der Waals surface area contributed by atoms with Crippen LogP contribution < -0.4 is 14.4 Å². The lowest BCUT2D eigenvalue weighted by Crippen LogP contribution is -2.26. The Morgan fingerprint density at radius 1 is 1.11 bits per heavy atom. The van der Waals surface area contributed by atoms with Crippen molar-refractivity contribution < 1.29 is 23.8 Å². The molecule has 27 heavy (non-hydrogen) atoms.